The van der Waals surface area contributed by atoms with Gasteiger partial charge < -0.3 is 30.3 Å². The standard InChI is InChI=1S/C7H12O4.C7H8O.C4H10O2.C2H6/c1-7(10,6(8)9)5-3-2-4-11-5;8-6-7-4-2-1-3-5-7;1-3-4(2,5)6;1-2/h5,10H,2-4H2,1H3,(H,8,9);1-5,8H,6H2;5-6H,3H2,1-2H3;1-2H3/t5-,7-;;;/m0.../s1. The molecule has 0 bridgehead atoms. The number of benzene rings is 1. The zero-order valence-corrected chi connectivity index (χ0v) is 17.1. The summed E-state index contributed by atoms with van der Waals surface area (Å²) in [4.78, 5) is 10.5. The Balaban J connectivity index is 0. The molecule has 0 amide bonds. The van der Waals surface area contributed by atoms with Crippen LogP contribution in [0.3, 0.4) is 0 Å². The summed E-state index contributed by atoms with van der Waals surface area (Å²) in [5.74, 6) is -2.68. The number of rotatable bonds is 4. The van der Waals surface area contributed by atoms with E-state index in [9.17, 15) is 9.90 Å². The van der Waals surface area contributed by atoms with Gasteiger partial charge in [-0.05, 0) is 38.7 Å². The Hall–Kier alpha value is -1.51. The highest BCUT2D eigenvalue weighted by Gasteiger charge is 2.41. The number of hydrogen-bond acceptors (Lipinski definition) is 6. The van der Waals surface area contributed by atoms with Crippen LogP contribution in [0, 0.1) is 0 Å². The first-order chi connectivity index (χ1) is 12.5. The van der Waals surface area contributed by atoms with Crippen LogP contribution in [0.15, 0.2) is 30.3 Å². The summed E-state index contributed by atoms with van der Waals surface area (Å²) in [6.45, 7) is 9.02. The summed E-state index contributed by atoms with van der Waals surface area (Å²) in [6.07, 6.45) is 1.29. The molecule has 1 aliphatic heterocycles. The van der Waals surface area contributed by atoms with Crippen LogP contribution >= 0.6 is 0 Å². The molecule has 0 aromatic heterocycles. The van der Waals surface area contributed by atoms with Crippen molar-refractivity contribution in [2.45, 2.75) is 78.0 Å². The maximum atomic E-state index is 10.5. The number of ether oxygens (including phenoxy) is 1. The van der Waals surface area contributed by atoms with Crippen molar-refractivity contribution >= 4 is 5.97 Å². The molecule has 7 nitrogen and oxygen atoms in total. The van der Waals surface area contributed by atoms with Crippen molar-refractivity contribution in [3.05, 3.63) is 35.9 Å². The molecule has 0 aliphatic carbocycles. The van der Waals surface area contributed by atoms with Gasteiger partial charge in [-0.25, -0.2) is 4.79 Å². The van der Waals surface area contributed by atoms with E-state index < -0.39 is 23.5 Å². The summed E-state index contributed by atoms with van der Waals surface area (Å²) < 4.78 is 5.05. The zero-order valence-electron chi connectivity index (χ0n) is 17.1. The van der Waals surface area contributed by atoms with Crippen LogP contribution in [0.1, 0.15) is 59.4 Å². The first-order valence-electron chi connectivity index (χ1n) is 9.21. The van der Waals surface area contributed by atoms with Crippen LogP contribution in [0.2, 0.25) is 0 Å². The SMILES string of the molecule is CC.CCC(C)(O)O.C[C@@](O)(C(=O)O)[C@@H]1CCCO1.OCc1ccccc1. The molecule has 2 atom stereocenters. The molecule has 1 aliphatic rings. The van der Waals surface area contributed by atoms with E-state index >= 15 is 0 Å². The Morgan fingerprint density at radius 3 is 1.89 bits per heavy atom. The number of hydrogen-bond donors (Lipinski definition) is 5. The average molecular weight is 389 g/mol. The van der Waals surface area contributed by atoms with Crippen LogP contribution in [0.5, 0.6) is 0 Å². The second-order valence-corrected chi connectivity index (χ2v) is 6.17. The minimum Gasteiger partial charge on any atom is -0.479 e. The average Bonchev–Trinajstić information content (AvgIpc) is 3.20. The fourth-order valence-corrected chi connectivity index (χ4v) is 1.74. The second kappa shape index (κ2) is 14.5. The summed E-state index contributed by atoms with van der Waals surface area (Å²) in [6, 6.07) is 9.52. The number of aliphatic hydroxyl groups is 4. The number of aliphatic hydroxyl groups excluding tert-OH is 1. The Labute approximate surface area is 162 Å². The highest BCUT2D eigenvalue weighted by atomic mass is 16.5. The van der Waals surface area contributed by atoms with E-state index in [0.717, 1.165) is 12.0 Å². The van der Waals surface area contributed by atoms with E-state index in [1.54, 1.807) is 6.92 Å². The normalized spacial score (nSPS) is 17.7. The van der Waals surface area contributed by atoms with E-state index in [1.165, 1.54) is 13.8 Å². The van der Waals surface area contributed by atoms with Crippen molar-refractivity contribution < 1.29 is 35.1 Å². The van der Waals surface area contributed by atoms with Crippen molar-refractivity contribution in [3.8, 4) is 0 Å². The first kappa shape index (κ1) is 27.7. The molecule has 0 saturated carbocycles. The van der Waals surface area contributed by atoms with E-state index in [2.05, 4.69) is 0 Å². The molecule has 2 rings (SSSR count). The quantitative estimate of drug-likeness (QED) is 0.501. The number of carboxylic acids is 1. The predicted molar refractivity (Wildman–Crippen MR) is 104 cm³/mol. The van der Waals surface area contributed by atoms with Crippen LogP contribution in [-0.4, -0.2) is 55.6 Å². The van der Waals surface area contributed by atoms with Gasteiger partial charge in [0.15, 0.2) is 11.4 Å². The summed E-state index contributed by atoms with van der Waals surface area (Å²) >= 11 is 0. The van der Waals surface area contributed by atoms with Crippen molar-refractivity contribution in [3.63, 3.8) is 0 Å². The molecule has 1 fully saturated rings. The third-order valence-corrected chi connectivity index (χ3v) is 3.68. The molecule has 1 aromatic rings. The lowest BCUT2D eigenvalue weighted by Crippen LogP contribution is -2.46. The fraction of sp³-hybridized carbons (Fsp3) is 0.650. The van der Waals surface area contributed by atoms with Crippen LogP contribution < -0.4 is 0 Å². The van der Waals surface area contributed by atoms with Gasteiger partial charge in [-0.1, -0.05) is 51.1 Å². The number of carboxylic acid groups (broad SMARTS) is 1. The van der Waals surface area contributed by atoms with Crippen molar-refractivity contribution in [2.75, 3.05) is 6.61 Å². The molecule has 158 valence electrons. The molecule has 0 unspecified atom stereocenters. The first-order valence-corrected chi connectivity index (χ1v) is 9.21. The van der Waals surface area contributed by atoms with Crippen LogP contribution in [-0.2, 0) is 16.1 Å². The summed E-state index contributed by atoms with van der Waals surface area (Å²) in [5.41, 5.74) is -0.760. The van der Waals surface area contributed by atoms with E-state index in [0.29, 0.717) is 19.4 Å². The number of carbonyl (C=O) groups is 1. The maximum absolute atomic E-state index is 10.5. The lowest BCUT2D eigenvalue weighted by Gasteiger charge is -2.23. The van der Waals surface area contributed by atoms with E-state index in [1.807, 2.05) is 44.2 Å². The fourth-order valence-electron chi connectivity index (χ4n) is 1.74. The lowest BCUT2D eigenvalue weighted by molar-refractivity contribution is -0.169. The lowest BCUT2D eigenvalue weighted by atomic mass is 9.97. The van der Waals surface area contributed by atoms with Gasteiger partial charge in [0.05, 0.1) is 12.7 Å². The van der Waals surface area contributed by atoms with Gasteiger partial charge in [-0.15, -0.1) is 0 Å². The Morgan fingerprint density at radius 2 is 1.63 bits per heavy atom. The van der Waals surface area contributed by atoms with Gasteiger partial charge in [0.1, 0.15) is 0 Å². The van der Waals surface area contributed by atoms with Crippen molar-refractivity contribution in [1.29, 1.82) is 0 Å². The molecule has 0 spiro atoms. The molecule has 27 heavy (non-hydrogen) atoms. The summed E-state index contributed by atoms with van der Waals surface area (Å²) in [5, 5.41) is 43.2. The highest BCUT2D eigenvalue weighted by Crippen LogP contribution is 2.23. The minimum absolute atomic E-state index is 0.140. The van der Waals surface area contributed by atoms with Crippen LogP contribution in [0.25, 0.3) is 0 Å². The predicted octanol–water partition coefficient (Wildman–Crippen LogP) is 2.30. The van der Waals surface area contributed by atoms with Gasteiger partial charge in [0.2, 0.25) is 0 Å². The third kappa shape index (κ3) is 13.3. The molecular weight excluding hydrogens is 352 g/mol. The Morgan fingerprint density at radius 1 is 1.15 bits per heavy atom. The Kier molecular flexibility index (Phi) is 14.9. The van der Waals surface area contributed by atoms with Crippen molar-refractivity contribution in [2.24, 2.45) is 0 Å². The molecule has 1 aromatic carbocycles. The van der Waals surface area contributed by atoms with Gasteiger partial charge >= 0.3 is 5.97 Å². The smallest absolute Gasteiger partial charge is 0.338 e. The van der Waals surface area contributed by atoms with E-state index in [4.69, 9.17) is 25.2 Å². The molecule has 1 heterocycles. The van der Waals surface area contributed by atoms with Crippen molar-refractivity contribution in [1.82, 2.24) is 0 Å². The van der Waals surface area contributed by atoms with Gasteiger partial charge in [-0.2, -0.15) is 0 Å². The molecule has 5 N–H and O–H groups in total. The van der Waals surface area contributed by atoms with E-state index in [-0.39, 0.29) is 6.61 Å². The topological polar surface area (TPSA) is 127 Å². The summed E-state index contributed by atoms with van der Waals surface area (Å²) in [7, 11) is 0. The minimum atomic E-state index is -1.73. The third-order valence-electron chi connectivity index (χ3n) is 3.68. The highest BCUT2D eigenvalue weighted by molar-refractivity contribution is 5.77. The number of aliphatic carboxylic acids is 1. The van der Waals surface area contributed by atoms with Gasteiger partial charge in [-0.3, -0.25) is 0 Å². The monoisotopic (exact) mass is 388 g/mol. The molecule has 0 radical (unpaired) electrons. The maximum Gasteiger partial charge on any atom is 0.338 e. The van der Waals surface area contributed by atoms with Gasteiger partial charge in [0, 0.05) is 6.61 Å². The van der Waals surface area contributed by atoms with Gasteiger partial charge in [0.25, 0.3) is 0 Å². The molecule has 1 saturated heterocycles. The Bertz CT molecular complexity index is 475. The largest absolute Gasteiger partial charge is 0.479 e. The molecule has 7 heteroatoms. The van der Waals surface area contributed by atoms with Crippen LogP contribution in [0.4, 0.5) is 0 Å². The molecular formula is C20H36O7. The second-order valence-electron chi connectivity index (χ2n) is 6.17. The zero-order chi connectivity index (χ0) is 21.5.